The molecule has 0 aromatic heterocycles. The molecule has 0 aromatic rings. The van der Waals surface area contributed by atoms with Gasteiger partial charge in [-0.2, -0.15) is 0 Å². The van der Waals surface area contributed by atoms with E-state index in [1.165, 1.54) is 19.3 Å². The molecule has 3 rings (SSSR count). The standard InChI is InChI=1S/C16H22O3/c1-10(2)16(17)19-7-6-18-15-9-11-8-14(15)13-5-3-4-12(11)13/h3-4,11-15H,1,5-9H2,2H3. The third-order valence-corrected chi connectivity index (χ3v) is 4.94. The molecule has 19 heavy (non-hydrogen) atoms. The van der Waals surface area contributed by atoms with Gasteiger partial charge in [-0.05, 0) is 49.9 Å². The van der Waals surface area contributed by atoms with E-state index in [-0.39, 0.29) is 5.97 Å². The second-order valence-electron chi connectivity index (χ2n) is 6.13. The van der Waals surface area contributed by atoms with Gasteiger partial charge in [-0.25, -0.2) is 4.79 Å². The van der Waals surface area contributed by atoms with E-state index in [1.807, 2.05) is 0 Å². The smallest absolute Gasteiger partial charge is 0.333 e. The van der Waals surface area contributed by atoms with Crippen LogP contribution in [0, 0.1) is 23.7 Å². The highest BCUT2D eigenvalue weighted by molar-refractivity contribution is 5.86. The summed E-state index contributed by atoms with van der Waals surface area (Å²) in [5.74, 6) is 2.88. The van der Waals surface area contributed by atoms with Gasteiger partial charge in [0.2, 0.25) is 0 Å². The first-order valence-corrected chi connectivity index (χ1v) is 7.27. The minimum atomic E-state index is -0.323. The van der Waals surface area contributed by atoms with Gasteiger partial charge in [-0.3, -0.25) is 0 Å². The van der Waals surface area contributed by atoms with E-state index in [1.54, 1.807) is 6.92 Å². The van der Waals surface area contributed by atoms with Crippen LogP contribution in [0.1, 0.15) is 26.2 Å². The van der Waals surface area contributed by atoms with Crippen LogP contribution in [0.15, 0.2) is 24.3 Å². The van der Waals surface area contributed by atoms with Crippen molar-refractivity contribution >= 4 is 5.97 Å². The lowest BCUT2D eigenvalue weighted by Gasteiger charge is -2.31. The minimum absolute atomic E-state index is 0.323. The van der Waals surface area contributed by atoms with E-state index in [0.717, 1.165) is 23.7 Å². The van der Waals surface area contributed by atoms with Crippen molar-refractivity contribution < 1.29 is 14.3 Å². The van der Waals surface area contributed by atoms with Gasteiger partial charge < -0.3 is 9.47 Å². The molecule has 0 heterocycles. The number of ether oxygens (including phenoxy) is 2. The molecule has 0 saturated heterocycles. The number of allylic oxidation sites excluding steroid dienone is 2. The van der Waals surface area contributed by atoms with Crippen molar-refractivity contribution in [3.8, 4) is 0 Å². The molecule has 0 aliphatic heterocycles. The van der Waals surface area contributed by atoms with Crippen molar-refractivity contribution in [2.24, 2.45) is 23.7 Å². The fraction of sp³-hybridized carbons (Fsp3) is 0.688. The van der Waals surface area contributed by atoms with Crippen molar-refractivity contribution in [2.45, 2.75) is 32.3 Å². The van der Waals surface area contributed by atoms with Gasteiger partial charge in [-0.15, -0.1) is 0 Å². The molecule has 0 N–H and O–H groups in total. The average molecular weight is 262 g/mol. The molecule has 2 bridgehead atoms. The van der Waals surface area contributed by atoms with Gasteiger partial charge in [0.15, 0.2) is 0 Å². The number of hydrogen-bond acceptors (Lipinski definition) is 3. The summed E-state index contributed by atoms with van der Waals surface area (Å²) in [7, 11) is 0. The largest absolute Gasteiger partial charge is 0.460 e. The van der Waals surface area contributed by atoms with Crippen LogP contribution in [0.5, 0.6) is 0 Å². The molecule has 3 nitrogen and oxygen atoms in total. The Hall–Kier alpha value is -1.09. The van der Waals surface area contributed by atoms with E-state index < -0.39 is 0 Å². The van der Waals surface area contributed by atoms with Gasteiger partial charge in [0.1, 0.15) is 6.61 Å². The fourth-order valence-electron chi connectivity index (χ4n) is 4.14. The Morgan fingerprint density at radius 2 is 2.16 bits per heavy atom. The third kappa shape index (κ3) is 2.36. The van der Waals surface area contributed by atoms with Crippen LogP contribution in [-0.4, -0.2) is 25.3 Å². The summed E-state index contributed by atoms with van der Waals surface area (Å²) in [5.41, 5.74) is 0.444. The van der Waals surface area contributed by atoms with Crippen molar-refractivity contribution in [2.75, 3.05) is 13.2 Å². The predicted molar refractivity (Wildman–Crippen MR) is 72.5 cm³/mol. The fourth-order valence-corrected chi connectivity index (χ4v) is 4.14. The van der Waals surface area contributed by atoms with E-state index in [9.17, 15) is 4.79 Å². The Morgan fingerprint density at radius 1 is 1.32 bits per heavy atom. The maximum Gasteiger partial charge on any atom is 0.333 e. The molecule has 0 amide bonds. The lowest BCUT2D eigenvalue weighted by Crippen LogP contribution is -2.31. The van der Waals surface area contributed by atoms with Gasteiger partial charge in [0.05, 0.1) is 12.7 Å². The minimum Gasteiger partial charge on any atom is -0.460 e. The zero-order valence-electron chi connectivity index (χ0n) is 11.5. The Kier molecular flexibility index (Phi) is 3.48. The Morgan fingerprint density at radius 3 is 2.95 bits per heavy atom. The van der Waals surface area contributed by atoms with Crippen molar-refractivity contribution in [1.29, 1.82) is 0 Å². The Labute approximate surface area is 114 Å². The van der Waals surface area contributed by atoms with Crippen molar-refractivity contribution in [3.63, 3.8) is 0 Å². The molecule has 2 saturated carbocycles. The summed E-state index contributed by atoms with van der Waals surface area (Å²) in [6, 6.07) is 0. The van der Waals surface area contributed by atoms with Gasteiger partial charge >= 0.3 is 5.97 Å². The summed E-state index contributed by atoms with van der Waals surface area (Å²) in [5, 5.41) is 0. The monoisotopic (exact) mass is 262 g/mol. The maximum absolute atomic E-state index is 11.2. The molecule has 5 unspecified atom stereocenters. The summed E-state index contributed by atoms with van der Waals surface area (Å²) >= 11 is 0. The van der Waals surface area contributed by atoms with Gasteiger partial charge in [-0.1, -0.05) is 18.7 Å². The highest BCUT2D eigenvalue weighted by Crippen LogP contribution is 2.57. The summed E-state index contributed by atoms with van der Waals surface area (Å²) in [6.07, 6.45) is 8.89. The topological polar surface area (TPSA) is 35.5 Å². The number of fused-ring (bicyclic) bond motifs is 5. The average Bonchev–Trinajstić information content (AvgIpc) is 3.05. The number of esters is 1. The van der Waals surface area contributed by atoms with Crippen LogP contribution in [0.4, 0.5) is 0 Å². The predicted octanol–water partition coefficient (Wildman–Crippen LogP) is 2.72. The number of rotatable bonds is 5. The lowest BCUT2D eigenvalue weighted by molar-refractivity contribution is -0.141. The van der Waals surface area contributed by atoms with Crippen molar-refractivity contribution in [3.05, 3.63) is 24.3 Å². The first-order valence-electron chi connectivity index (χ1n) is 7.27. The van der Waals surface area contributed by atoms with Crippen molar-refractivity contribution in [1.82, 2.24) is 0 Å². The third-order valence-electron chi connectivity index (χ3n) is 4.94. The lowest BCUT2D eigenvalue weighted by atomic mass is 9.80. The van der Waals surface area contributed by atoms with E-state index >= 15 is 0 Å². The molecule has 0 radical (unpaired) electrons. The SMILES string of the molecule is C=C(C)C(=O)OCCOC1CC2CC1C1CC=CC21. The Balaban J connectivity index is 1.41. The van der Waals surface area contributed by atoms with E-state index in [0.29, 0.717) is 24.9 Å². The molecule has 3 aliphatic rings. The zero-order chi connectivity index (χ0) is 13.4. The van der Waals surface area contributed by atoms with Gasteiger partial charge in [0, 0.05) is 5.57 Å². The zero-order valence-corrected chi connectivity index (χ0v) is 11.5. The summed E-state index contributed by atoms with van der Waals surface area (Å²) in [6.45, 7) is 6.07. The summed E-state index contributed by atoms with van der Waals surface area (Å²) < 4.78 is 11.0. The van der Waals surface area contributed by atoms with Crippen LogP contribution in [0.3, 0.4) is 0 Å². The molecule has 3 aliphatic carbocycles. The second-order valence-corrected chi connectivity index (χ2v) is 6.13. The van der Waals surface area contributed by atoms with Crippen LogP contribution >= 0.6 is 0 Å². The van der Waals surface area contributed by atoms with Crippen LogP contribution in [-0.2, 0) is 14.3 Å². The van der Waals surface area contributed by atoms with Gasteiger partial charge in [0.25, 0.3) is 0 Å². The number of carbonyl (C=O) groups is 1. The molecule has 5 atom stereocenters. The first kappa shape index (κ1) is 12.9. The second kappa shape index (κ2) is 5.12. The molecule has 0 aromatic carbocycles. The van der Waals surface area contributed by atoms with E-state index in [2.05, 4.69) is 18.7 Å². The number of hydrogen-bond donors (Lipinski definition) is 0. The first-order chi connectivity index (χ1) is 9.16. The van der Waals surface area contributed by atoms with Crippen LogP contribution in [0.25, 0.3) is 0 Å². The maximum atomic E-state index is 11.2. The number of carbonyl (C=O) groups excluding carboxylic acids is 1. The van der Waals surface area contributed by atoms with Crippen LogP contribution < -0.4 is 0 Å². The quantitative estimate of drug-likeness (QED) is 0.331. The molecule has 0 spiro atoms. The normalized spacial score (nSPS) is 38.5. The molecular weight excluding hydrogens is 240 g/mol. The molecule has 3 heteroatoms. The van der Waals surface area contributed by atoms with E-state index in [4.69, 9.17) is 9.47 Å². The van der Waals surface area contributed by atoms with Crippen LogP contribution in [0.2, 0.25) is 0 Å². The Bertz CT molecular complexity index is 412. The highest BCUT2D eigenvalue weighted by atomic mass is 16.6. The summed E-state index contributed by atoms with van der Waals surface area (Å²) in [4.78, 5) is 11.2. The highest BCUT2D eigenvalue weighted by Gasteiger charge is 2.52. The molecular formula is C16H22O3. The molecule has 104 valence electrons. The molecule has 2 fully saturated rings.